The van der Waals surface area contributed by atoms with Gasteiger partial charge in [-0.15, -0.1) is 0 Å². The largest absolute Gasteiger partial charge is 0.439 e. The molecule has 0 aliphatic rings. The first-order chi connectivity index (χ1) is 8.56. The smallest absolute Gasteiger partial charge is 0.295 e. The minimum atomic E-state index is -0.576. The number of pyridine rings is 1. The summed E-state index contributed by atoms with van der Waals surface area (Å²) in [5, 5.41) is 11.0. The standard InChI is InChI=1S/C11H8ClN3O3/c12-10-2-1-3-11(14-10)18-7-4-5-8(13)9(6-7)15(16)17/h1-6H,13H2. The van der Waals surface area contributed by atoms with Gasteiger partial charge in [-0.2, -0.15) is 0 Å². The van der Waals surface area contributed by atoms with Crippen LogP contribution in [0.15, 0.2) is 36.4 Å². The summed E-state index contributed by atoms with van der Waals surface area (Å²) >= 11 is 5.70. The molecule has 0 unspecified atom stereocenters. The number of ether oxygens (including phenoxy) is 1. The van der Waals surface area contributed by atoms with Crippen LogP contribution in [0.3, 0.4) is 0 Å². The van der Waals surface area contributed by atoms with Gasteiger partial charge in [0.15, 0.2) is 0 Å². The van der Waals surface area contributed by atoms with Crippen molar-refractivity contribution < 1.29 is 9.66 Å². The van der Waals surface area contributed by atoms with E-state index in [2.05, 4.69) is 4.98 Å². The second-order valence-electron chi connectivity index (χ2n) is 3.38. The lowest BCUT2D eigenvalue weighted by Crippen LogP contribution is -1.96. The lowest BCUT2D eigenvalue weighted by molar-refractivity contribution is -0.384. The number of rotatable bonds is 3. The Morgan fingerprint density at radius 2 is 2.11 bits per heavy atom. The molecule has 18 heavy (non-hydrogen) atoms. The Balaban J connectivity index is 2.30. The molecule has 0 bridgehead atoms. The molecule has 0 atom stereocenters. The van der Waals surface area contributed by atoms with Crippen molar-refractivity contribution in [1.29, 1.82) is 0 Å². The van der Waals surface area contributed by atoms with Crippen LogP contribution in [0.1, 0.15) is 0 Å². The van der Waals surface area contributed by atoms with Gasteiger partial charge < -0.3 is 10.5 Å². The Hall–Kier alpha value is -2.34. The first-order valence-corrected chi connectivity index (χ1v) is 5.28. The molecule has 0 radical (unpaired) electrons. The number of benzene rings is 1. The zero-order valence-corrected chi connectivity index (χ0v) is 9.79. The third-order valence-corrected chi connectivity index (χ3v) is 2.32. The SMILES string of the molecule is Nc1ccc(Oc2cccc(Cl)n2)cc1[N+](=O)[O-]. The minimum Gasteiger partial charge on any atom is -0.439 e. The number of aromatic nitrogens is 1. The fourth-order valence-electron chi connectivity index (χ4n) is 1.31. The molecule has 1 heterocycles. The van der Waals surface area contributed by atoms with E-state index in [-0.39, 0.29) is 28.2 Å². The summed E-state index contributed by atoms with van der Waals surface area (Å²) in [5.74, 6) is 0.521. The Bertz CT molecular complexity index is 604. The highest BCUT2D eigenvalue weighted by Gasteiger charge is 2.13. The zero-order chi connectivity index (χ0) is 13.1. The van der Waals surface area contributed by atoms with E-state index < -0.39 is 4.92 Å². The van der Waals surface area contributed by atoms with Crippen LogP contribution in [0.25, 0.3) is 0 Å². The zero-order valence-electron chi connectivity index (χ0n) is 9.04. The van der Waals surface area contributed by atoms with E-state index in [4.69, 9.17) is 22.1 Å². The molecular weight excluding hydrogens is 258 g/mol. The summed E-state index contributed by atoms with van der Waals surface area (Å²) in [4.78, 5) is 14.0. The summed E-state index contributed by atoms with van der Waals surface area (Å²) in [5.41, 5.74) is 5.34. The number of nitrogen functional groups attached to an aromatic ring is 1. The molecule has 2 N–H and O–H groups in total. The normalized spacial score (nSPS) is 10.1. The number of nitro benzene ring substituents is 1. The second-order valence-corrected chi connectivity index (χ2v) is 3.77. The number of nitrogens with two attached hydrogens (primary N) is 1. The Kier molecular flexibility index (Phi) is 3.29. The number of hydrogen-bond acceptors (Lipinski definition) is 5. The maximum absolute atomic E-state index is 10.7. The van der Waals surface area contributed by atoms with Gasteiger partial charge >= 0.3 is 0 Å². The van der Waals surface area contributed by atoms with Crippen LogP contribution in [0.2, 0.25) is 5.15 Å². The molecule has 6 nitrogen and oxygen atoms in total. The third-order valence-electron chi connectivity index (χ3n) is 2.11. The van der Waals surface area contributed by atoms with E-state index in [0.29, 0.717) is 0 Å². The fraction of sp³-hybridized carbons (Fsp3) is 0. The Labute approximate surface area is 107 Å². The quantitative estimate of drug-likeness (QED) is 0.399. The average molecular weight is 266 g/mol. The molecule has 0 spiro atoms. The van der Waals surface area contributed by atoms with Gasteiger partial charge in [-0.3, -0.25) is 10.1 Å². The summed E-state index contributed by atoms with van der Waals surface area (Å²) < 4.78 is 5.35. The average Bonchev–Trinajstić information content (AvgIpc) is 2.31. The van der Waals surface area contributed by atoms with Gasteiger partial charge in [0.1, 0.15) is 16.6 Å². The molecule has 0 aliphatic carbocycles. The molecule has 0 aliphatic heterocycles. The van der Waals surface area contributed by atoms with Crippen molar-refractivity contribution in [3.8, 4) is 11.6 Å². The van der Waals surface area contributed by atoms with Crippen LogP contribution in [-0.2, 0) is 0 Å². The maximum atomic E-state index is 10.7. The van der Waals surface area contributed by atoms with Crippen LogP contribution in [-0.4, -0.2) is 9.91 Å². The number of anilines is 1. The van der Waals surface area contributed by atoms with Gasteiger partial charge in [0.2, 0.25) is 5.88 Å². The van der Waals surface area contributed by atoms with E-state index in [1.807, 2.05) is 0 Å². The minimum absolute atomic E-state index is 0.0754. The van der Waals surface area contributed by atoms with E-state index in [1.165, 1.54) is 18.2 Å². The van der Waals surface area contributed by atoms with Crippen molar-refractivity contribution >= 4 is 23.0 Å². The maximum Gasteiger partial charge on any atom is 0.295 e. The highest BCUT2D eigenvalue weighted by atomic mass is 35.5. The highest BCUT2D eigenvalue weighted by Crippen LogP contribution is 2.29. The van der Waals surface area contributed by atoms with Crippen LogP contribution in [0.5, 0.6) is 11.6 Å². The Morgan fingerprint density at radius 1 is 1.33 bits per heavy atom. The molecule has 0 amide bonds. The topological polar surface area (TPSA) is 91.3 Å². The molecule has 0 saturated carbocycles. The third kappa shape index (κ3) is 2.67. The monoisotopic (exact) mass is 265 g/mol. The second kappa shape index (κ2) is 4.89. The van der Waals surface area contributed by atoms with Gasteiger partial charge in [-0.1, -0.05) is 17.7 Å². The number of hydrogen-bond donors (Lipinski definition) is 1. The highest BCUT2D eigenvalue weighted by molar-refractivity contribution is 6.29. The van der Waals surface area contributed by atoms with Crippen molar-refractivity contribution in [3.05, 3.63) is 51.7 Å². The molecule has 2 rings (SSSR count). The van der Waals surface area contributed by atoms with Crippen molar-refractivity contribution in [2.45, 2.75) is 0 Å². The molecule has 2 aromatic rings. The summed E-state index contributed by atoms with van der Waals surface area (Å²) in [7, 11) is 0. The number of nitro groups is 1. The molecule has 7 heteroatoms. The van der Waals surface area contributed by atoms with Crippen LogP contribution in [0, 0.1) is 10.1 Å². The van der Waals surface area contributed by atoms with Gasteiger partial charge in [0, 0.05) is 6.07 Å². The van der Waals surface area contributed by atoms with Crippen LogP contribution < -0.4 is 10.5 Å². The fourth-order valence-corrected chi connectivity index (χ4v) is 1.47. The molecule has 92 valence electrons. The van der Waals surface area contributed by atoms with E-state index in [0.717, 1.165) is 0 Å². The molecule has 0 fully saturated rings. The predicted octanol–water partition coefficient (Wildman–Crippen LogP) is 3.02. The summed E-state index contributed by atoms with van der Waals surface area (Å²) in [6.45, 7) is 0. The summed E-state index contributed by atoms with van der Waals surface area (Å²) in [6.07, 6.45) is 0. The number of halogens is 1. The van der Waals surface area contributed by atoms with Crippen molar-refractivity contribution in [2.24, 2.45) is 0 Å². The van der Waals surface area contributed by atoms with Gasteiger partial charge in [-0.05, 0) is 18.2 Å². The van der Waals surface area contributed by atoms with E-state index >= 15 is 0 Å². The van der Waals surface area contributed by atoms with Gasteiger partial charge in [0.25, 0.3) is 5.69 Å². The lowest BCUT2D eigenvalue weighted by Gasteiger charge is -2.05. The van der Waals surface area contributed by atoms with Gasteiger partial charge in [0.05, 0.1) is 11.0 Å². The van der Waals surface area contributed by atoms with E-state index in [1.54, 1.807) is 18.2 Å². The van der Waals surface area contributed by atoms with Crippen LogP contribution >= 0.6 is 11.6 Å². The Morgan fingerprint density at radius 3 is 2.78 bits per heavy atom. The van der Waals surface area contributed by atoms with E-state index in [9.17, 15) is 10.1 Å². The first kappa shape index (κ1) is 12.1. The lowest BCUT2D eigenvalue weighted by atomic mass is 10.2. The van der Waals surface area contributed by atoms with Crippen molar-refractivity contribution in [2.75, 3.05) is 5.73 Å². The molecular formula is C11H8ClN3O3. The van der Waals surface area contributed by atoms with Gasteiger partial charge in [-0.25, -0.2) is 4.98 Å². The van der Waals surface area contributed by atoms with Crippen LogP contribution in [0.4, 0.5) is 11.4 Å². The number of nitrogens with zero attached hydrogens (tertiary/aromatic N) is 2. The first-order valence-electron chi connectivity index (χ1n) is 4.90. The van der Waals surface area contributed by atoms with Crippen molar-refractivity contribution in [1.82, 2.24) is 4.98 Å². The predicted molar refractivity (Wildman–Crippen MR) is 66.8 cm³/mol. The molecule has 0 saturated heterocycles. The summed E-state index contributed by atoms with van der Waals surface area (Å²) in [6, 6.07) is 9.01. The molecule has 1 aromatic heterocycles. The van der Waals surface area contributed by atoms with Crippen molar-refractivity contribution in [3.63, 3.8) is 0 Å². The molecule has 1 aromatic carbocycles.